The summed E-state index contributed by atoms with van der Waals surface area (Å²) in [4.78, 5) is 24.8. The first kappa shape index (κ1) is 10.2. The molecule has 1 atom stereocenters. The van der Waals surface area contributed by atoms with Crippen LogP contribution in [0.5, 0.6) is 0 Å². The van der Waals surface area contributed by atoms with Crippen LogP contribution in [0.3, 0.4) is 0 Å². The molecular formula is C11H10ClNO2. The van der Waals surface area contributed by atoms with Gasteiger partial charge in [-0.25, -0.2) is 0 Å². The van der Waals surface area contributed by atoms with Gasteiger partial charge in [0.05, 0.1) is 11.1 Å². The van der Waals surface area contributed by atoms with Gasteiger partial charge in [-0.2, -0.15) is 0 Å². The van der Waals surface area contributed by atoms with Gasteiger partial charge in [0, 0.05) is 0 Å². The van der Waals surface area contributed by atoms with Crippen LogP contribution in [0.4, 0.5) is 0 Å². The van der Waals surface area contributed by atoms with E-state index in [4.69, 9.17) is 11.6 Å². The van der Waals surface area contributed by atoms with Crippen molar-refractivity contribution in [3.8, 4) is 0 Å². The normalized spacial score (nSPS) is 16.8. The molecule has 1 unspecified atom stereocenters. The Morgan fingerprint density at radius 2 is 1.67 bits per heavy atom. The molecule has 0 fully saturated rings. The van der Waals surface area contributed by atoms with Crippen LogP contribution in [-0.4, -0.2) is 22.2 Å². The van der Waals surface area contributed by atoms with Crippen molar-refractivity contribution >= 4 is 23.4 Å². The minimum atomic E-state index is -0.558. The largest absolute Gasteiger partial charge is 0.269 e. The van der Waals surface area contributed by atoms with Gasteiger partial charge in [-0.1, -0.05) is 30.7 Å². The molecule has 0 saturated carbocycles. The van der Waals surface area contributed by atoms with Crippen LogP contribution in [0.15, 0.2) is 24.3 Å². The number of carbonyl (C=O) groups is 2. The highest BCUT2D eigenvalue weighted by Crippen LogP contribution is 2.26. The summed E-state index contributed by atoms with van der Waals surface area (Å²) in [5.74, 6) is -0.588. The average molecular weight is 224 g/mol. The van der Waals surface area contributed by atoms with Crippen molar-refractivity contribution in [3.63, 3.8) is 0 Å². The van der Waals surface area contributed by atoms with Gasteiger partial charge in [-0.3, -0.25) is 14.5 Å². The topological polar surface area (TPSA) is 37.4 Å². The number of nitrogens with zero attached hydrogens (tertiary/aromatic N) is 1. The van der Waals surface area contributed by atoms with Crippen molar-refractivity contribution < 1.29 is 9.59 Å². The monoisotopic (exact) mass is 223 g/mol. The Morgan fingerprint density at radius 1 is 1.20 bits per heavy atom. The van der Waals surface area contributed by atoms with Gasteiger partial charge in [0.15, 0.2) is 0 Å². The molecule has 0 N–H and O–H groups in total. The Kier molecular flexibility index (Phi) is 2.49. The van der Waals surface area contributed by atoms with Crippen LogP contribution in [0.1, 0.15) is 34.1 Å². The Hall–Kier alpha value is -1.35. The first-order valence-electron chi connectivity index (χ1n) is 4.77. The highest BCUT2D eigenvalue weighted by Gasteiger charge is 2.38. The second-order valence-electron chi connectivity index (χ2n) is 3.37. The average Bonchev–Trinajstić information content (AvgIpc) is 2.52. The molecule has 1 heterocycles. The molecule has 2 rings (SSSR count). The lowest BCUT2D eigenvalue weighted by Crippen LogP contribution is -2.36. The van der Waals surface area contributed by atoms with Crippen molar-refractivity contribution in [2.75, 3.05) is 0 Å². The molecule has 0 spiro atoms. The first-order chi connectivity index (χ1) is 7.16. The molecule has 1 aromatic carbocycles. The molecule has 2 amide bonds. The van der Waals surface area contributed by atoms with E-state index in [0.29, 0.717) is 17.5 Å². The third-order valence-corrected chi connectivity index (χ3v) is 2.95. The highest BCUT2D eigenvalue weighted by molar-refractivity contribution is 6.28. The van der Waals surface area contributed by atoms with Crippen molar-refractivity contribution in [2.45, 2.75) is 18.8 Å². The number of carbonyl (C=O) groups excluding carboxylic acids is 2. The molecule has 0 aromatic heterocycles. The van der Waals surface area contributed by atoms with Gasteiger partial charge >= 0.3 is 0 Å². The molecule has 78 valence electrons. The van der Waals surface area contributed by atoms with E-state index in [1.165, 1.54) is 0 Å². The van der Waals surface area contributed by atoms with Gasteiger partial charge in [0.2, 0.25) is 0 Å². The van der Waals surface area contributed by atoms with Crippen LogP contribution in [-0.2, 0) is 0 Å². The number of benzene rings is 1. The number of alkyl halides is 1. The lowest BCUT2D eigenvalue weighted by Gasteiger charge is -2.18. The van der Waals surface area contributed by atoms with Crippen molar-refractivity contribution in [1.82, 2.24) is 4.90 Å². The molecule has 1 aliphatic rings. The summed E-state index contributed by atoms with van der Waals surface area (Å²) in [6.07, 6.45) is 0.549. The first-order valence-corrected chi connectivity index (χ1v) is 5.21. The van der Waals surface area contributed by atoms with E-state index in [1.807, 2.05) is 6.92 Å². The third-order valence-electron chi connectivity index (χ3n) is 2.44. The SMILES string of the molecule is CCC(Cl)N1C(=O)c2ccccc2C1=O. The number of rotatable bonds is 2. The minimum Gasteiger partial charge on any atom is -0.269 e. The molecule has 4 heteroatoms. The third kappa shape index (κ3) is 1.43. The second kappa shape index (κ2) is 3.66. The molecular weight excluding hydrogens is 214 g/mol. The lowest BCUT2D eigenvalue weighted by molar-refractivity contribution is 0.0631. The van der Waals surface area contributed by atoms with Crippen LogP contribution >= 0.6 is 11.6 Å². The molecule has 1 aromatic rings. The van der Waals surface area contributed by atoms with E-state index < -0.39 is 5.50 Å². The van der Waals surface area contributed by atoms with Crippen LogP contribution in [0.25, 0.3) is 0 Å². The summed E-state index contributed by atoms with van der Waals surface area (Å²) in [5.41, 5.74) is 0.334. The molecule has 0 saturated heterocycles. The fourth-order valence-electron chi connectivity index (χ4n) is 1.64. The maximum absolute atomic E-state index is 11.8. The predicted octanol–water partition coefficient (Wildman–Crippen LogP) is 2.26. The lowest BCUT2D eigenvalue weighted by atomic mass is 10.1. The zero-order valence-corrected chi connectivity index (χ0v) is 8.99. The number of amides is 2. The van der Waals surface area contributed by atoms with Crippen LogP contribution in [0.2, 0.25) is 0 Å². The Balaban J connectivity index is 2.45. The van der Waals surface area contributed by atoms with Crippen LogP contribution in [0, 0.1) is 0 Å². The maximum atomic E-state index is 11.8. The number of hydrogen-bond acceptors (Lipinski definition) is 2. The predicted molar refractivity (Wildman–Crippen MR) is 56.9 cm³/mol. The Bertz CT molecular complexity index is 395. The van der Waals surface area contributed by atoms with Gasteiger partial charge < -0.3 is 0 Å². The standard InChI is InChI=1S/C11H10ClNO2/c1-2-9(12)13-10(14)7-5-3-4-6-8(7)11(13)15/h3-6,9H,2H2,1H3. The number of hydrogen-bond donors (Lipinski definition) is 0. The van der Waals surface area contributed by atoms with Crippen molar-refractivity contribution in [3.05, 3.63) is 35.4 Å². The summed E-state index contributed by atoms with van der Waals surface area (Å²) in [5, 5.41) is 0. The van der Waals surface area contributed by atoms with Gasteiger partial charge in [0.25, 0.3) is 11.8 Å². The van der Waals surface area contributed by atoms with Gasteiger partial charge in [-0.05, 0) is 18.6 Å². The molecule has 15 heavy (non-hydrogen) atoms. The van der Waals surface area contributed by atoms with E-state index >= 15 is 0 Å². The minimum absolute atomic E-state index is 0.294. The van der Waals surface area contributed by atoms with E-state index in [-0.39, 0.29) is 11.8 Å². The summed E-state index contributed by atoms with van der Waals surface area (Å²) in [6.45, 7) is 1.83. The Morgan fingerprint density at radius 3 is 2.07 bits per heavy atom. The molecule has 0 radical (unpaired) electrons. The van der Waals surface area contributed by atoms with Gasteiger partial charge in [0.1, 0.15) is 5.50 Å². The highest BCUT2D eigenvalue weighted by atomic mass is 35.5. The maximum Gasteiger partial charge on any atom is 0.262 e. The van der Waals surface area contributed by atoms with E-state index in [2.05, 4.69) is 0 Å². The second-order valence-corrected chi connectivity index (χ2v) is 3.87. The van der Waals surface area contributed by atoms with Crippen molar-refractivity contribution in [1.29, 1.82) is 0 Å². The number of halogens is 1. The molecule has 1 aliphatic heterocycles. The summed E-state index contributed by atoms with van der Waals surface area (Å²) >= 11 is 5.94. The zero-order valence-electron chi connectivity index (χ0n) is 8.24. The molecule has 3 nitrogen and oxygen atoms in total. The van der Waals surface area contributed by atoms with E-state index in [1.54, 1.807) is 24.3 Å². The summed E-state index contributed by atoms with van der Waals surface area (Å²) in [7, 11) is 0. The smallest absolute Gasteiger partial charge is 0.262 e. The fraction of sp³-hybridized carbons (Fsp3) is 0.273. The number of fused-ring (bicyclic) bond motifs is 1. The zero-order chi connectivity index (χ0) is 11.0. The van der Waals surface area contributed by atoms with Crippen molar-refractivity contribution in [2.24, 2.45) is 0 Å². The summed E-state index contributed by atoms with van der Waals surface area (Å²) < 4.78 is 0. The number of imide groups is 1. The summed E-state index contributed by atoms with van der Waals surface area (Å²) in [6, 6.07) is 6.77. The quantitative estimate of drug-likeness (QED) is 0.438. The van der Waals surface area contributed by atoms with Gasteiger partial charge in [-0.15, -0.1) is 0 Å². The molecule has 0 bridgehead atoms. The molecule has 0 aliphatic carbocycles. The Labute approximate surface area is 92.6 Å². The van der Waals surface area contributed by atoms with E-state index in [0.717, 1.165) is 4.90 Å². The van der Waals surface area contributed by atoms with Crippen LogP contribution < -0.4 is 0 Å². The van der Waals surface area contributed by atoms with E-state index in [9.17, 15) is 9.59 Å². The fourth-order valence-corrected chi connectivity index (χ4v) is 1.82.